The Labute approximate surface area is 84.3 Å². The van der Waals surface area contributed by atoms with Gasteiger partial charge in [0.25, 0.3) is 0 Å². The molecule has 2 heterocycles. The van der Waals surface area contributed by atoms with Crippen molar-refractivity contribution in [2.24, 2.45) is 7.05 Å². The lowest BCUT2D eigenvalue weighted by Gasteiger charge is -2.16. The summed E-state index contributed by atoms with van der Waals surface area (Å²) in [5.74, 6) is 1.09. The third-order valence-electron chi connectivity index (χ3n) is 2.62. The molecule has 78 valence electrons. The predicted molar refractivity (Wildman–Crippen MR) is 55.3 cm³/mol. The molecular weight excluding hydrogens is 178 g/mol. The van der Waals surface area contributed by atoms with Gasteiger partial charge in [-0.15, -0.1) is 0 Å². The normalized spacial score (nSPS) is 23.1. The number of hydrogen-bond acceptors (Lipinski definition) is 3. The molecule has 2 rings (SSSR count). The molecule has 0 aliphatic carbocycles. The van der Waals surface area contributed by atoms with E-state index >= 15 is 0 Å². The van der Waals surface area contributed by atoms with E-state index in [9.17, 15) is 0 Å². The number of nitrogens with one attached hydrogen (secondary N) is 1. The van der Waals surface area contributed by atoms with Crippen LogP contribution < -0.4 is 5.32 Å². The van der Waals surface area contributed by atoms with Crippen molar-refractivity contribution < 1.29 is 4.74 Å². The smallest absolute Gasteiger partial charge is 0.124 e. The Balaban J connectivity index is 1.92. The first-order valence-corrected chi connectivity index (χ1v) is 5.18. The van der Waals surface area contributed by atoms with Gasteiger partial charge in [0.05, 0.1) is 6.20 Å². The summed E-state index contributed by atoms with van der Waals surface area (Å²) in [4.78, 5) is 0. The van der Waals surface area contributed by atoms with Gasteiger partial charge in [-0.3, -0.25) is 4.68 Å². The Bertz CT molecular complexity index is 277. The van der Waals surface area contributed by atoms with Gasteiger partial charge in [-0.2, -0.15) is 5.10 Å². The lowest BCUT2D eigenvalue weighted by atomic mass is 10.1. The highest BCUT2D eigenvalue weighted by molar-refractivity contribution is 5.34. The van der Waals surface area contributed by atoms with E-state index in [0.717, 1.165) is 31.9 Å². The van der Waals surface area contributed by atoms with Crippen LogP contribution in [0.2, 0.25) is 0 Å². The maximum Gasteiger partial charge on any atom is 0.124 e. The van der Waals surface area contributed by atoms with Crippen molar-refractivity contribution in [3.8, 4) is 0 Å². The number of hydrogen-bond donors (Lipinski definition) is 1. The third kappa shape index (κ3) is 2.26. The van der Waals surface area contributed by atoms with Crippen molar-refractivity contribution in [3.63, 3.8) is 0 Å². The van der Waals surface area contributed by atoms with E-state index in [-0.39, 0.29) is 0 Å². The van der Waals surface area contributed by atoms with Gasteiger partial charge < -0.3 is 10.1 Å². The zero-order chi connectivity index (χ0) is 9.80. The highest BCUT2D eigenvalue weighted by atomic mass is 16.5. The lowest BCUT2D eigenvalue weighted by Crippen LogP contribution is -2.21. The molecule has 0 saturated carbocycles. The fourth-order valence-corrected chi connectivity index (χ4v) is 1.77. The average molecular weight is 195 g/mol. The topological polar surface area (TPSA) is 39.1 Å². The molecule has 1 fully saturated rings. The summed E-state index contributed by atoms with van der Waals surface area (Å²) in [5.41, 5.74) is 0. The number of nitrogens with zero attached hydrogens (tertiary/aromatic N) is 2. The van der Waals surface area contributed by atoms with E-state index in [1.807, 2.05) is 24.0 Å². The fraction of sp³-hybridized carbons (Fsp3) is 0.700. The van der Waals surface area contributed by atoms with E-state index in [4.69, 9.17) is 4.74 Å². The van der Waals surface area contributed by atoms with Gasteiger partial charge >= 0.3 is 0 Å². The van der Waals surface area contributed by atoms with Crippen LogP contribution in [0, 0.1) is 0 Å². The molecule has 0 amide bonds. The first-order valence-electron chi connectivity index (χ1n) is 5.18. The Morgan fingerprint density at radius 1 is 1.50 bits per heavy atom. The highest BCUT2D eigenvalue weighted by Gasteiger charge is 2.12. The molecule has 1 unspecified atom stereocenters. The molecule has 1 N–H and O–H groups in total. The second-order valence-corrected chi connectivity index (χ2v) is 3.72. The van der Waals surface area contributed by atoms with Crippen LogP contribution in [0.4, 0.5) is 5.82 Å². The molecule has 0 aromatic carbocycles. The summed E-state index contributed by atoms with van der Waals surface area (Å²) in [6, 6.07) is 2.54. The Morgan fingerprint density at radius 2 is 2.43 bits per heavy atom. The number of aromatic nitrogens is 2. The molecule has 0 bridgehead atoms. The summed E-state index contributed by atoms with van der Waals surface area (Å²) in [5, 5.41) is 7.62. The van der Waals surface area contributed by atoms with Crippen LogP contribution >= 0.6 is 0 Å². The van der Waals surface area contributed by atoms with Gasteiger partial charge in [0.15, 0.2) is 0 Å². The van der Waals surface area contributed by atoms with Crippen LogP contribution in [0.3, 0.4) is 0 Å². The first kappa shape index (κ1) is 9.52. The second kappa shape index (κ2) is 4.46. The molecule has 1 aromatic rings. The van der Waals surface area contributed by atoms with Crippen molar-refractivity contribution in [1.29, 1.82) is 0 Å². The molecule has 4 heteroatoms. The van der Waals surface area contributed by atoms with Crippen molar-refractivity contribution in [2.75, 3.05) is 18.5 Å². The molecule has 1 aromatic heterocycles. The first-order chi connectivity index (χ1) is 6.86. The zero-order valence-electron chi connectivity index (χ0n) is 8.57. The molecule has 1 aliphatic heterocycles. The molecule has 0 spiro atoms. The van der Waals surface area contributed by atoms with Crippen molar-refractivity contribution in [3.05, 3.63) is 12.3 Å². The Morgan fingerprint density at radius 3 is 3.21 bits per heavy atom. The molecule has 14 heavy (non-hydrogen) atoms. The van der Waals surface area contributed by atoms with Gasteiger partial charge in [-0.1, -0.05) is 0 Å². The van der Waals surface area contributed by atoms with Crippen LogP contribution in [0.15, 0.2) is 12.3 Å². The lowest BCUT2D eigenvalue weighted by molar-refractivity contribution is 0.144. The van der Waals surface area contributed by atoms with E-state index in [2.05, 4.69) is 10.4 Å². The third-order valence-corrected chi connectivity index (χ3v) is 2.62. The van der Waals surface area contributed by atoms with E-state index in [1.165, 1.54) is 6.42 Å². The summed E-state index contributed by atoms with van der Waals surface area (Å²) < 4.78 is 7.28. The molecule has 4 nitrogen and oxygen atoms in total. The molecule has 1 atom stereocenters. The Kier molecular flexibility index (Phi) is 3.03. The van der Waals surface area contributed by atoms with Crippen LogP contribution in [0.5, 0.6) is 0 Å². The maximum absolute atomic E-state index is 5.41. The van der Waals surface area contributed by atoms with Crippen LogP contribution in [-0.2, 0) is 11.8 Å². The van der Waals surface area contributed by atoms with Crippen LogP contribution in [0.1, 0.15) is 19.3 Å². The van der Waals surface area contributed by atoms with E-state index in [1.54, 1.807) is 0 Å². The van der Waals surface area contributed by atoms with E-state index < -0.39 is 0 Å². The fourth-order valence-electron chi connectivity index (χ4n) is 1.77. The van der Waals surface area contributed by atoms with Crippen LogP contribution in [0.25, 0.3) is 0 Å². The van der Waals surface area contributed by atoms with E-state index in [0.29, 0.717) is 6.04 Å². The number of aryl methyl sites for hydroxylation is 1. The summed E-state index contributed by atoms with van der Waals surface area (Å²) >= 11 is 0. The molecule has 0 radical (unpaired) electrons. The molecule has 1 aliphatic rings. The monoisotopic (exact) mass is 195 g/mol. The average Bonchev–Trinajstić information content (AvgIpc) is 2.44. The van der Waals surface area contributed by atoms with Gasteiger partial charge in [0.2, 0.25) is 0 Å². The van der Waals surface area contributed by atoms with Gasteiger partial charge in [0, 0.05) is 32.4 Å². The minimum absolute atomic E-state index is 0.535. The van der Waals surface area contributed by atoms with Gasteiger partial charge in [-0.25, -0.2) is 0 Å². The minimum atomic E-state index is 0.535. The highest BCUT2D eigenvalue weighted by Crippen LogP contribution is 2.14. The summed E-state index contributed by atoms with van der Waals surface area (Å²) in [6.07, 6.45) is 5.24. The molecular formula is C10H17N3O. The minimum Gasteiger partial charge on any atom is -0.381 e. The summed E-state index contributed by atoms with van der Waals surface area (Å²) in [6.45, 7) is 1.78. The maximum atomic E-state index is 5.41. The van der Waals surface area contributed by atoms with Crippen molar-refractivity contribution in [1.82, 2.24) is 9.78 Å². The number of anilines is 1. The quantitative estimate of drug-likeness (QED) is 0.775. The van der Waals surface area contributed by atoms with Gasteiger partial charge in [0.1, 0.15) is 5.82 Å². The molecule has 1 saturated heterocycles. The Hall–Kier alpha value is -1.03. The van der Waals surface area contributed by atoms with Crippen molar-refractivity contribution in [2.45, 2.75) is 25.3 Å². The number of rotatable bonds is 2. The van der Waals surface area contributed by atoms with Crippen LogP contribution in [-0.4, -0.2) is 29.0 Å². The second-order valence-electron chi connectivity index (χ2n) is 3.72. The summed E-state index contributed by atoms with van der Waals surface area (Å²) in [7, 11) is 1.95. The van der Waals surface area contributed by atoms with Crippen molar-refractivity contribution >= 4 is 5.82 Å². The SMILES string of the molecule is Cn1nccc1NC1CCCOCC1. The number of ether oxygens (including phenoxy) is 1. The standard InChI is InChI=1S/C10H17N3O/c1-13-10(4-6-11-13)12-9-3-2-7-14-8-5-9/h4,6,9,12H,2-3,5,7-8H2,1H3. The van der Waals surface area contributed by atoms with Gasteiger partial charge in [-0.05, 0) is 19.3 Å². The zero-order valence-corrected chi connectivity index (χ0v) is 8.57. The predicted octanol–water partition coefficient (Wildman–Crippen LogP) is 1.40. The largest absolute Gasteiger partial charge is 0.381 e.